The summed E-state index contributed by atoms with van der Waals surface area (Å²) in [7, 11) is 0. The molecule has 28 heavy (non-hydrogen) atoms. The molecule has 1 aliphatic heterocycles. The Morgan fingerprint density at radius 1 is 1.18 bits per heavy atom. The number of carbonyl (C=O) groups excluding carboxylic acids is 1. The summed E-state index contributed by atoms with van der Waals surface area (Å²) in [4.78, 5) is 12.8. The number of anilines is 1. The van der Waals surface area contributed by atoms with E-state index in [2.05, 4.69) is 26.0 Å². The Kier molecular flexibility index (Phi) is 4.95. The van der Waals surface area contributed by atoms with Crippen molar-refractivity contribution in [2.75, 3.05) is 18.4 Å². The zero-order valence-corrected chi connectivity index (χ0v) is 16.4. The third-order valence-electron chi connectivity index (χ3n) is 5.16. The molecule has 146 valence electrons. The highest BCUT2D eigenvalue weighted by molar-refractivity contribution is 6.03. The second-order valence-corrected chi connectivity index (χ2v) is 7.29. The monoisotopic (exact) mass is 379 g/mol. The maximum absolute atomic E-state index is 12.8. The molecule has 2 N–H and O–H groups in total. The van der Waals surface area contributed by atoms with Crippen molar-refractivity contribution in [3.05, 3.63) is 53.1 Å². The molecule has 1 fully saturated rings. The maximum atomic E-state index is 12.8. The van der Waals surface area contributed by atoms with Gasteiger partial charge in [-0.25, -0.2) is 9.36 Å². The standard InChI is InChI=1S/C20H25N7O/c1-13-11-14(2)26(24-13)18-6-4-5-16(12-18)22-20(28)19-15(3)27(25-23-19)17-7-9-21-10-8-17/h4-6,11-12,17,21H,7-10H2,1-3H3,(H,22,28). The number of piperidine rings is 1. The van der Waals surface area contributed by atoms with E-state index in [1.54, 1.807) is 0 Å². The van der Waals surface area contributed by atoms with Gasteiger partial charge >= 0.3 is 0 Å². The summed E-state index contributed by atoms with van der Waals surface area (Å²) in [6, 6.07) is 9.95. The lowest BCUT2D eigenvalue weighted by atomic mass is 10.1. The quantitative estimate of drug-likeness (QED) is 0.727. The van der Waals surface area contributed by atoms with Gasteiger partial charge in [0.1, 0.15) is 0 Å². The predicted octanol–water partition coefficient (Wildman–Crippen LogP) is 2.57. The average molecular weight is 379 g/mol. The van der Waals surface area contributed by atoms with Gasteiger partial charge in [0.05, 0.1) is 23.1 Å². The first-order valence-corrected chi connectivity index (χ1v) is 9.60. The van der Waals surface area contributed by atoms with Gasteiger partial charge in [0.25, 0.3) is 5.91 Å². The van der Waals surface area contributed by atoms with Gasteiger partial charge in [-0.2, -0.15) is 5.10 Å². The van der Waals surface area contributed by atoms with Gasteiger partial charge in [0.15, 0.2) is 5.69 Å². The molecule has 4 rings (SSSR count). The molecule has 0 atom stereocenters. The molecule has 0 spiro atoms. The number of amides is 1. The number of nitrogens with one attached hydrogen (secondary N) is 2. The minimum Gasteiger partial charge on any atom is -0.320 e. The molecular weight excluding hydrogens is 354 g/mol. The van der Waals surface area contributed by atoms with Gasteiger partial charge in [-0.1, -0.05) is 11.3 Å². The molecule has 8 nitrogen and oxygen atoms in total. The van der Waals surface area contributed by atoms with Gasteiger partial charge in [-0.15, -0.1) is 5.10 Å². The second-order valence-electron chi connectivity index (χ2n) is 7.29. The summed E-state index contributed by atoms with van der Waals surface area (Å²) in [6.45, 7) is 7.80. The molecular formula is C20H25N7O. The molecule has 0 bridgehead atoms. The Bertz CT molecular complexity index is 998. The van der Waals surface area contributed by atoms with Crippen molar-refractivity contribution < 1.29 is 4.79 Å². The average Bonchev–Trinajstić information content (AvgIpc) is 3.24. The minimum atomic E-state index is -0.247. The van der Waals surface area contributed by atoms with Crippen LogP contribution in [0.25, 0.3) is 5.69 Å². The topological polar surface area (TPSA) is 89.7 Å². The number of carbonyl (C=O) groups is 1. The van der Waals surface area contributed by atoms with Gasteiger partial charge in [-0.05, 0) is 71.0 Å². The lowest BCUT2D eigenvalue weighted by molar-refractivity contribution is 0.102. The Morgan fingerprint density at radius 2 is 1.96 bits per heavy atom. The summed E-state index contributed by atoms with van der Waals surface area (Å²) in [5.74, 6) is -0.247. The van der Waals surface area contributed by atoms with Crippen LogP contribution in [0.15, 0.2) is 30.3 Å². The van der Waals surface area contributed by atoms with E-state index in [1.807, 2.05) is 60.5 Å². The SMILES string of the molecule is Cc1cc(C)n(-c2cccc(NC(=O)c3nnn(C4CCNCC4)c3C)c2)n1. The van der Waals surface area contributed by atoms with Gasteiger partial charge in [0.2, 0.25) is 0 Å². The van der Waals surface area contributed by atoms with E-state index < -0.39 is 0 Å². The summed E-state index contributed by atoms with van der Waals surface area (Å²) in [5.41, 5.74) is 4.78. The number of nitrogens with zero attached hydrogens (tertiary/aromatic N) is 5. The summed E-state index contributed by atoms with van der Waals surface area (Å²) in [6.07, 6.45) is 1.99. The van der Waals surface area contributed by atoms with E-state index in [0.29, 0.717) is 17.4 Å². The number of hydrogen-bond acceptors (Lipinski definition) is 5. The van der Waals surface area contributed by atoms with Crippen LogP contribution in [-0.2, 0) is 0 Å². The number of aryl methyl sites for hydroxylation is 2. The molecule has 1 aromatic carbocycles. The fourth-order valence-electron chi connectivity index (χ4n) is 3.74. The first-order chi connectivity index (χ1) is 13.5. The minimum absolute atomic E-state index is 0.247. The van der Waals surface area contributed by atoms with E-state index >= 15 is 0 Å². The van der Waals surface area contributed by atoms with Crippen LogP contribution >= 0.6 is 0 Å². The van der Waals surface area contributed by atoms with Crippen LogP contribution in [0, 0.1) is 20.8 Å². The normalized spacial score (nSPS) is 15.0. The molecule has 0 unspecified atom stereocenters. The molecule has 3 aromatic rings. The van der Waals surface area contributed by atoms with Gasteiger partial charge in [-0.3, -0.25) is 4.79 Å². The molecule has 2 aromatic heterocycles. The fraction of sp³-hybridized carbons (Fsp3) is 0.400. The number of rotatable bonds is 4. The van der Waals surface area contributed by atoms with Crippen LogP contribution in [0.4, 0.5) is 5.69 Å². The van der Waals surface area contributed by atoms with Crippen molar-refractivity contribution >= 4 is 11.6 Å². The highest BCUT2D eigenvalue weighted by atomic mass is 16.2. The molecule has 1 saturated heterocycles. The number of benzene rings is 1. The highest BCUT2D eigenvalue weighted by Gasteiger charge is 2.23. The zero-order chi connectivity index (χ0) is 19.7. The lowest BCUT2D eigenvalue weighted by Gasteiger charge is -2.23. The van der Waals surface area contributed by atoms with Crippen LogP contribution in [0.5, 0.6) is 0 Å². The van der Waals surface area contributed by atoms with Crippen molar-refractivity contribution in [3.63, 3.8) is 0 Å². The number of hydrogen-bond donors (Lipinski definition) is 2. The Labute approximate surface area is 163 Å². The van der Waals surface area contributed by atoms with Crippen LogP contribution in [-0.4, -0.2) is 43.8 Å². The first kappa shape index (κ1) is 18.4. The van der Waals surface area contributed by atoms with Crippen LogP contribution in [0.3, 0.4) is 0 Å². The molecule has 0 aliphatic carbocycles. The van der Waals surface area contributed by atoms with E-state index in [-0.39, 0.29) is 5.91 Å². The first-order valence-electron chi connectivity index (χ1n) is 9.60. The number of aromatic nitrogens is 5. The molecule has 0 radical (unpaired) electrons. The summed E-state index contributed by atoms with van der Waals surface area (Å²) >= 11 is 0. The predicted molar refractivity (Wildman–Crippen MR) is 107 cm³/mol. The Balaban J connectivity index is 1.53. The van der Waals surface area contributed by atoms with Crippen molar-refractivity contribution in [2.45, 2.75) is 39.7 Å². The third kappa shape index (κ3) is 3.55. The van der Waals surface area contributed by atoms with Crippen LogP contribution in [0.2, 0.25) is 0 Å². The molecule has 1 aliphatic rings. The van der Waals surface area contributed by atoms with Crippen molar-refractivity contribution in [2.24, 2.45) is 0 Å². The Morgan fingerprint density at radius 3 is 2.68 bits per heavy atom. The van der Waals surface area contributed by atoms with Gasteiger partial charge < -0.3 is 10.6 Å². The van der Waals surface area contributed by atoms with Crippen molar-refractivity contribution in [3.8, 4) is 5.69 Å². The van der Waals surface area contributed by atoms with Crippen LogP contribution < -0.4 is 10.6 Å². The fourth-order valence-corrected chi connectivity index (χ4v) is 3.74. The Hall–Kier alpha value is -3.00. The smallest absolute Gasteiger partial charge is 0.278 e. The molecule has 0 saturated carbocycles. The van der Waals surface area contributed by atoms with Crippen LogP contribution in [0.1, 0.15) is 46.5 Å². The molecule has 8 heteroatoms. The van der Waals surface area contributed by atoms with E-state index in [1.165, 1.54) is 0 Å². The zero-order valence-electron chi connectivity index (χ0n) is 16.4. The van der Waals surface area contributed by atoms with Crippen molar-refractivity contribution in [1.29, 1.82) is 0 Å². The summed E-state index contributed by atoms with van der Waals surface area (Å²) in [5, 5.41) is 19.2. The molecule has 3 heterocycles. The maximum Gasteiger partial charge on any atom is 0.278 e. The summed E-state index contributed by atoms with van der Waals surface area (Å²) < 4.78 is 3.76. The van der Waals surface area contributed by atoms with E-state index in [4.69, 9.17) is 0 Å². The lowest BCUT2D eigenvalue weighted by Crippen LogP contribution is -2.30. The largest absolute Gasteiger partial charge is 0.320 e. The van der Waals surface area contributed by atoms with E-state index in [9.17, 15) is 4.79 Å². The van der Waals surface area contributed by atoms with Crippen molar-refractivity contribution in [1.82, 2.24) is 30.1 Å². The second kappa shape index (κ2) is 7.55. The highest BCUT2D eigenvalue weighted by Crippen LogP contribution is 2.21. The molecule has 1 amide bonds. The van der Waals surface area contributed by atoms with E-state index in [0.717, 1.165) is 48.7 Å². The van der Waals surface area contributed by atoms with Gasteiger partial charge in [0, 0.05) is 11.4 Å². The third-order valence-corrected chi connectivity index (χ3v) is 5.16.